The van der Waals surface area contributed by atoms with E-state index in [2.05, 4.69) is 17.0 Å². The number of rotatable bonds is 7. The van der Waals surface area contributed by atoms with Gasteiger partial charge in [0.15, 0.2) is 0 Å². The summed E-state index contributed by atoms with van der Waals surface area (Å²) in [6, 6.07) is 19.3. The molecule has 0 unspecified atom stereocenters. The number of halogens is 2. The maximum absolute atomic E-state index is 13.5. The molecule has 0 atom stereocenters. The van der Waals surface area contributed by atoms with Gasteiger partial charge in [-0.15, -0.1) is 0 Å². The SMILES string of the molecule is O=C(CN(c1ccc(F)cc1)S(=O)(=O)c1ccc(F)cc1)N1CCN(Cc2ccccc2)CC1. The molecule has 0 aliphatic carbocycles. The monoisotopic (exact) mass is 485 g/mol. The van der Waals surface area contributed by atoms with Crippen LogP contribution in [0.5, 0.6) is 0 Å². The van der Waals surface area contributed by atoms with Crippen LogP contribution >= 0.6 is 0 Å². The number of anilines is 1. The van der Waals surface area contributed by atoms with Crippen LogP contribution in [0.1, 0.15) is 5.56 Å². The summed E-state index contributed by atoms with van der Waals surface area (Å²) >= 11 is 0. The maximum atomic E-state index is 13.5. The van der Waals surface area contributed by atoms with Gasteiger partial charge in [0.2, 0.25) is 5.91 Å². The average molecular weight is 486 g/mol. The number of benzene rings is 3. The lowest BCUT2D eigenvalue weighted by Gasteiger charge is -2.36. The van der Waals surface area contributed by atoms with Gasteiger partial charge in [-0.3, -0.25) is 14.0 Å². The normalized spacial score (nSPS) is 14.7. The predicted molar refractivity (Wildman–Crippen MR) is 126 cm³/mol. The third-order valence-electron chi connectivity index (χ3n) is 5.77. The molecule has 6 nitrogen and oxygen atoms in total. The van der Waals surface area contributed by atoms with Crippen LogP contribution in [-0.2, 0) is 21.4 Å². The summed E-state index contributed by atoms with van der Waals surface area (Å²) in [5.41, 5.74) is 1.34. The Hall–Kier alpha value is -3.30. The van der Waals surface area contributed by atoms with E-state index in [1.54, 1.807) is 4.90 Å². The summed E-state index contributed by atoms with van der Waals surface area (Å²) in [6.07, 6.45) is 0. The van der Waals surface area contributed by atoms with Gasteiger partial charge in [0.1, 0.15) is 18.2 Å². The Kier molecular flexibility index (Phi) is 7.23. The molecule has 9 heteroatoms. The van der Waals surface area contributed by atoms with Crippen molar-refractivity contribution in [2.45, 2.75) is 11.4 Å². The molecule has 1 heterocycles. The Morgan fingerprint density at radius 3 is 1.94 bits per heavy atom. The summed E-state index contributed by atoms with van der Waals surface area (Å²) in [5, 5.41) is 0. The minimum atomic E-state index is -4.18. The first-order chi connectivity index (χ1) is 16.3. The van der Waals surface area contributed by atoms with Crippen molar-refractivity contribution in [3.63, 3.8) is 0 Å². The van der Waals surface area contributed by atoms with Crippen LogP contribution in [0.25, 0.3) is 0 Å². The largest absolute Gasteiger partial charge is 0.339 e. The Labute approximate surface area is 198 Å². The topological polar surface area (TPSA) is 60.9 Å². The fraction of sp³-hybridized carbons (Fsp3) is 0.240. The standard InChI is InChI=1S/C25H25F2N3O3S/c26-21-6-10-23(11-7-21)30(34(32,33)24-12-8-22(27)9-13-24)19-25(31)29-16-14-28(15-17-29)18-20-4-2-1-3-5-20/h1-13H,14-19H2. The average Bonchev–Trinajstić information content (AvgIpc) is 2.84. The quantitative estimate of drug-likeness (QED) is 0.514. The smallest absolute Gasteiger partial charge is 0.264 e. The molecule has 0 saturated carbocycles. The lowest BCUT2D eigenvalue weighted by molar-refractivity contribution is -0.131. The molecular weight excluding hydrogens is 460 g/mol. The van der Waals surface area contributed by atoms with Gasteiger partial charge < -0.3 is 4.90 Å². The molecule has 0 aromatic heterocycles. The Morgan fingerprint density at radius 1 is 0.794 bits per heavy atom. The zero-order valence-electron chi connectivity index (χ0n) is 18.5. The van der Waals surface area contributed by atoms with Crippen LogP contribution in [-0.4, -0.2) is 56.8 Å². The fourth-order valence-electron chi connectivity index (χ4n) is 3.88. The van der Waals surface area contributed by atoms with Crippen molar-refractivity contribution in [1.29, 1.82) is 0 Å². The first kappa shape index (κ1) is 23.8. The Morgan fingerprint density at radius 2 is 1.35 bits per heavy atom. The highest BCUT2D eigenvalue weighted by atomic mass is 32.2. The number of carbonyl (C=O) groups is 1. The molecule has 0 N–H and O–H groups in total. The summed E-state index contributed by atoms with van der Waals surface area (Å²) in [5.74, 6) is -1.45. The number of nitrogens with zero attached hydrogens (tertiary/aromatic N) is 3. The van der Waals surface area contributed by atoms with Gasteiger partial charge in [-0.1, -0.05) is 30.3 Å². The van der Waals surface area contributed by atoms with Crippen molar-refractivity contribution in [3.05, 3.63) is 96.1 Å². The van der Waals surface area contributed by atoms with Crippen LogP contribution in [0.15, 0.2) is 83.8 Å². The molecule has 34 heavy (non-hydrogen) atoms. The first-order valence-electron chi connectivity index (χ1n) is 10.9. The van der Waals surface area contributed by atoms with Crippen LogP contribution in [0.3, 0.4) is 0 Å². The van der Waals surface area contributed by atoms with Gasteiger partial charge in [0.25, 0.3) is 10.0 Å². The van der Waals surface area contributed by atoms with Crippen molar-refractivity contribution in [3.8, 4) is 0 Å². The van der Waals surface area contributed by atoms with Crippen molar-refractivity contribution in [1.82, 2.24) is 9.80 Å². The zero-order chi connectivity index (χ0) is 24.1. The van der Waals surface area contributed by atoms with Gasteiger partial charge in [-0.25, -0.2) is 17.2 Å². The Balaban J connectivity index is 1.48. The van der Waals surface area contributed by atoms with E-state index in [9.17, 15) is 22.0 Å². The van der Waals surface area contributed by atoms with E-state index in [1.165, 1.54) is 17.7 Å². The summed E-state index contributed by atoms with van der Waals surface area (Å²) in [7, 11) is -4.18. The molecule has 3 aromatic carbocycles. The van der Waals surface area contributed by atoms with Crippen LogP contribution in [0, 0.1) is 11.6 Å². The van der Waals surface area contributed by atoms with E-state index in [1.807, 2.05) is 18.2 Å². The first-order valence-corrected chi connectivity index (χ1v) is 12.3. The number of hydrogen-bond donors (Lipinski definition) is 0. The fourth-order valence-corrected chi connectivity index (χ4v) is 5.29. The molecule has 1 amide bonds. The van der Waals surface area contributed by atoms with Crippen molar-refractivity contribution in [2.75, 3.05) is 37.0 Å². The Bertz CT molecular complexity index is 1210. The van der Waals surface area contributed by atoms with Gasteiger partial charge in [0, 0.05) is 32.7 Å². The number of amides is 1. The summed E-state index contributed by atoms with van der Waals surface area (Å²) in [6.45, 7) is 2.62. The van der Waals surface area contributed by atoms with E-state index in [0.29, 0.717) is 26.2 Å². The molecule has 1 aliphatic heterocycles. The molecule has 1 fully saturated rings. The second-order valence-corrected chi connectivity index (χ2v) is 9.95. The molecule has 4 rings (SSSR count). The van der Waals surface area contributed by atoms with Gasteiger partial charge in [-0.05, 0) is 54.1 Å². The van der Waals surface area contributed by atoms with E-state index in [-0.39, 0.29) is 16.5 Å². The third-order valence-corrected chi connectivity index (χ3v) is 7.56. The van der Waals surface area contributed by atoms with Crippen molar-refractivity contribution >= 4 is 21.6 Å². The number of sulfonamides is 1. The second-order valence-electron chi connectivity index (χ2n) is 8.08. The molecular formula is C25H25F2N3O3S. The maximum Gasteiger partial charge on any atom is 0.264 e. The lowest BCUT2D eigenvalue weighted by Crippen LogP contribution is -2.51. The second kappa shape index (κ2) is 10.3. The van der Waals surface area contributed by atoms with Gasteiger partial charge >= 0.3 is 0 Å². The van der Waals surface area contributed by atoms with Crippen LogP contribution < -0.4 is 4.31 Å². The predicted octanol–water partition coefficient (Wildman–Crippen LogP) is 3.50. The van der Waals surface area contributed by atoms with E-state index in [0.717, 1.165) is 47.2 Å². The molecule has 1 saturated heterocycles. The number of hydrogen-bond acceptors (Lipinski definition) is 4. The van der Waals surface area contributed by atoms with Gasteiger partial charge in [-0.2, -0.15) is 0 Å². The highest BCUT2D eigenvalue weighted by molar-refractivity contribution is 7.92. The van der Waals surface area contributed by atoms with Crippen LogP contribution in [0.2, 0.25) is 0 Å². The number of piperazine rings is 1. The zero-order valence-corrected chi connectivity index (χ0v) is 19.3. The molecule has 0 spiro atoms. The molecule has 0 radical (unpaired) electrons. The summed E-state index contributed by atoms with van der Waals surface area (Å²) in [4.78, 5) is 16.8. The molecule has 1 aliphatic rings. The van der Waals surface area contributed by atoms with Gasteiger partial charge in [0.05, 0.1) is 10.6 Å². The van der Waals surface area contributed by atoms with E-state index in [4.69, 9.17) is 0 Å². The highest BCUT2D eigenvalue weighted by Gasteiger charge is 2.30. The van der Waals surface area contributed by atoms with Crippen molar-refractivity contribution < 1.29 is 22.0 Å². The number of carbonyl (C=O) groups excluding carboxylic acids is 1. The highest BCUT2D eigenvalue weighted by Crippen LogP contribution is 2.24. The molecule has 0 bridgehead atoms. The summed E-state index contributed by atoms with van der Waals surface area (Å²) < 4.78 is 54.4. The third kappa shape index (κ3) is 5.60. The van der Waals surface area contributed by atoms with E-state index >= 15 is 0 Å². The minimum Gasteiger partial charge on any atom is -0.339 e. The molecule has 3 aromatic rings. The van der Waals surface area contributed by atoms with E-state index < -0.39 is 28.2 Å². The molecule has 178 valence electrons. The van der Waals surface area contributed by atoms with Crippen molar-refractivity contribution in [2.24, 2.45) is 0 Å². The van der Waals surface area contributed by atoms with Crippen LogP contribution in [0.4, 0.5) is 14.5 Å². The lowest BCUT2D eigenvalue weighted by atomic mass is 10.2. The minimum absolute atomic E-state index is 0.154.